The van der Waals surface area contributed by atoms with Crippen LogP contribution in [0.1, 0.15) is 42.3 Å². The number of nitrogens with zero attached hydrogens (tertiary/aromatic N) is 2. The van der Waals surface area contributed by atoms with Gasteiger partial charge in [0.15, 0.2) is 0 Å². The highest BCUT2D eigenvalue weighted by Gasteiger charge is 2.13. The Labute approximate surface area is 171 Å². The summed E-state index contributed by atoms with van der Waals surface area (Å²) < 4.78 is 5.60. The van der Waals surface area contributed by atoms with Crippen molar-refractivity contribution >= 4 is 23.2 Å². The van der Waals surface area contributed by atoms with Crippen molar-refractivity contribution in [1.82, 2.24) is 9.97 Å². The van der Waals surface area contributed by atoms with Crippen LogP contribution in [0.3, 0.4) is 0 Å². The van der Waals surface area contributed by atoms with Crippen LogP contribution in [0.4, 0.5) is 17.3 Å². The lowest BCUT2D eigenvalue weighted by molar-refractivity contribution is 0.102. The molecule has 0 radical (unpaired) electrons. The zero-order valence-corrected chi connectivity index (χ0v) is 17.0. The Balaban J connectivity index is 1.75. The number of aromatic nitrogens is 2. The van der Waals surface area contributed by atoms with Crippen molar-refractivity contribution in [3.8, 4) is 5.75 Å². The number of carbonyl (C=O) groups excluding carboxylic acids is 1. The lowest BCUT2D eigenvalue weighted by Crippen LogP contribution is -2.15. The van der Waals surface area contributed by atoms with E-state index in [1.54, 1.807) is 0 Å². The standard InChI is InChI=1S/C23H26N4O2/c1-4-16-10-9-11-17(5-2)21(16)27-22(28)18-14-24-23(25-15-18)26-19-12-7-8-13-20(19)29-6-3/h7-15H,4-6H2,1-3H3,(H,27,28)(H,24,25,26). The van der Waals surface area contributed by atoms with E-state index in [9.17, 15) is 4.79 Å². The molecule has 0 fully saturated rings. The first kappa shape index (κ1) is 20.3. The second-order valence-electron chi connectivity index (χ2n) is 6.46. The Morgan fingerprint density at radius 1 is 0.931 bits per heavy atom. The summed E-state index contributed by atoms with van der Waals surface area (Å²) in [7, 11) is 0. The second kappa shape index (κ2) is 9.68. The lowest BCUT2D eigenvalue weighted by atomic mass is 10.0. The molecular formula is C23H26N4O2. The summed E-state index contributed by atoms with van der Waals surface area (Å²) in [4.78, 5) is 21.3. The number of amides is 1. The van der Waals surface area contributed by atoms with E-state index >= 15 is 0 Å². The molecule has 6 heteroatoms. The third kappa shape index (κ3) is 4.90. The number of aryl methyl sites for hydroxylation is 2. The molecule has 0 aliphatic heterocycles. The first-order valence-electron chi connectivity index (χ1n) is 9.89. The van der Waals surface area contributed by atoms with Gasteiger partial charge in [0.05, 0.1) is 17.9 Å². The average molecular weight is 390 g/mol. The predicted molar refractivity (Wildman–Crippen MR) is 116 cm³/mol. The normalized spacial score (nSPS) is 10.4. The zero-order valence-electron chi connectivity index (χ0n) is 17.0. The maximum atomic E-state index is 12.7. The van der Waals surface area contributed by atoms with Crippen molar-refractivity contribution in [2.45, 2.75) is 33.6 Å². The highest BCUT2D eigenvalue weighted by atomic mass is 16.5. The summed E-state index contributed by atoms with van der Waals surface area (Å²) in [6.07, 6.45) is 4.74. The van der Waals surface area contributed by atoms with Crippen LogP contribution in [-0.4, -0.2) is 22.5 Å². The highest BCUT2D eigenvalue weighted by Crippen LogP contribution is 2.26. The quantitative estimate of drug-likeness (QED) is 0.566. The lowest BCUT2D eigenvalue weighted by Gasteiger charge is -2.14. The summed E-state index contributed by atoms with van der Waals surface area (Å²) in [5.74, 6) is 0.905. The molecule has 0 bridgehead atoms. The van der Waals surface area contributed by atoms with Gasteiger partial charge < -0.3 is 15.4 Å². The first-order chi connectivity index (χ1) is 14.2. The summed E-state index contributed by atoms with van der Waals surface area (Å²) in [6.45, 7) is 6.65. The number of ether oxygens (including phenoxy) is 1. The molecule has 0 saturated carbocycles. The number of nitrogens with one attached hydrogen (secondary N) is 2. The van der Waals surface area contributed by atoms with Crippen molar-refractivity contribution in [3.05, 3.63) is 71.5 Å². The number of benzene rings is 2. The van der Waals surface area contributed by atoms with Crippen LogP contribution in [-0.2, 0) is 12.8 Å². The van der Waals surface area contributed by atoms with Crippen molar-refractivity contribution in [1.29, 1.82) is 0 Å². The topological polar surface area (TPSA) is 76.1 Å². The summed E-state index contributed by atoms with van der Waals surface area (Å²) in [5.41, 5.74) is 4.29. The van der Waals surface area contributed by atoms with Gasteiger partial charge in [0.2, 0.25) is 5.95 Å². The minimum Gasteiger partial charge on any atom is -0.492 e. The van der Waals surface area contributed by atoms with Gasteiger partial charge in [-0.25, -0.2) is 9.97 Å². The molecule has 2 N–H and O–H groups in total. The van der Waals surface area contributed by atoms with E-state index in [-0.39, 0.29) is 5.91 Å². The monoisotopic (exact) mass is 390 g/mol. The van der Waals surface area contributed by atoms with Gasteiger partial charge >= 0.3 is 0 Å². The van der Waals surface area contributed by atoms with Crippen LogP contribution in [0, 0.1) is 0 Å². The van der Waals surface area contributed by atoms with E-state index in [4.69, 9.17) is 4.74 Å². The minimum atomic E-state index is -0.220. The van der Waals surface area contributed by atoms with Gasteiger partial charge in [-0.2, -0.15) is 0 Å². The van der Waals surface area contributed by atoms with Gasteiger partial charge in [0.25, 0.3) is 5.91 Å². The van der Waals surface area contributed by atoms with Crippen LogP contribution in [0.15, 0.2) is 54.9 Å². The fraction of sp³-hybridized carbons (Fsp3) is 0.261. The van der Waals surface area contributed by atoms with Crippen molar-refractivity contribution in [2.75, 3.05) is 17.2 Å². The number of rotatable bonds is 8. The van der Waals surface area contributed by atoms with Crippen LogP contribution >= 0.6 is 0 Å². The molecule has 0 saturated heterocycles. The number of hydrogen-bond donors (Lipinski definition) is 2. The molecule has 0 spiro atoms. The number of hydrogen-bond acceptors (Lipinski definition) is 5. The Morgan fingerprint density at radius 3 is 2.21 bits per heavy atom. The highest BCUT2D eigenvalue weighted by molar-refractivity contribution is 6.04. The summed E-state index contributed by atoms with van der Waals surface area (Å²) >= 11 is 0. The largest absolute Gasteiger partial charge is 0.492 e. The smallest absolute Gasteiger partial charge is 0.258 e. The van der Waals surface area contributed by atoms with Crippen molar-refractivity contribution < 1.29 is 9.53 Å². The number of carbonyl (C=O) groups is 1. The van der Waals surface area contributed by atoms with E-state index in [1.807, 2.05) is 49.4 Å². The molecule has 3 rings (SSSR count). The second-order valence-corrected chi connectivity index (χ2v) is 6.46. The third-order valence-electron chi connectivity index (χ3n) is 4.58. The van der Waals surface area contributed by atoms with Crippen LogP contribution in [0.5, 0.6) is 5.75 Å². The Morgan fingerprint density at radius 2 is 1.59 bits per heavy atom. The van der Waals surface area contributed by atoms with Gasteiger partial charge in [-0.15, -0.1) is 0 Å². The molecule has 0 aliphatic carbocycles. The van der Waals surface area contributed by atoms with E-state index in [2.05, 4.69) is 34.4 Å². The molecule has 1 heterocycles. The Bertz CT molecular complexity index is 949. The maximum absolute atomic E-state index is 12.7. The number of anilines is 3. The van der Waals surface area contributed by atoms with Gasteiger partial charge in [-0.3, -0.25) is 4.79 Å². The molecule has 1 aromatic heterocycles. The molecule has 150 valence electrons. The Kier molecular flexibility index (Phi) is 6.79. The SMILES string of the molecule is CCOc1ccccc1Nc1ncc(C(=O)Nc2c(CC)cccc2CC)cn1. The summed E-state index contributed by atoms with van der Waals surface area (Å²) in [6, 6.07) is 13.7. The first-order valence-corrected chi connectivity index (χ1v) is 9.89. The minimum absolute atomic E-state index is 0.220. The molecular weight excluding hydrogens is 364 g/mol. The fourth-order valence-electron chi connectivity index (χ4n) is 3.07. The summed E-state index contributed by atoms with van der Waals surface area (Å²) in [5, 5.41) is 6.16. The molecule has 0 atom stereocenters. The van der Waals surface area contributed by atoms with E-state index in [0.717, 1.165) is 41.1 Å². The molecule has 0 unspecified atom stereocenters. The van der Waals surface area contributed by atoms with Gasteiger partial charge in [0.1, 0.15) is 5.75 Å². The molecule has 0 aliphatic rings. The molecule has 1 amide bonds. The van der Waals surface area contributed by atoms with E-state index in [0.29, 0.717) is 18.1 Å². The van der Waals surface area contributed by atoms with E-state index < -0.39 is 0 Å². The van der Waals surface area contributed by atoms with Gasteiger partial charge in [-0.1, -0.05) is 44.2 Å². The molecule has 2 aromatic carbocycles. The third-order valence-corrected chi connectivity index (χ3v) is 4.58. The van der Waals surface area contributed by atoms with Crippen molar-refractivity contribution in [3.63, 3.8) is 0 Å². The van der Waals surface area contributed by atoms with Gasteiger partial charge in [-0.05, 0) is 43.0 Å². The Hall–Kier alpha value is -3.41. The fourth-order valence-corrected chi connectivity index (χ4v) is 3.07. The zero-order chi connectivity index (χ0) is 20.6. The number of para-hydroxylation sites is 3. The molecule has 6 nitrogen and oxygen atoms in total. The average Bonchev–Trinajstić information content (AvgIpc) is 2.76. The maximum Gasteiger partial charge on any atom is 0.258 e. The molecule has 29 heavy (non-hydrogen) atoms. The van der Waals surface area contributed by atoms with Crippen LogP contribution in [0.2, 0.25) is 0 Å². The molecule has 3 aromatic rings. The van der Waals surface area contributed by atoms with Crippen LogP contribution in [0.25, 0.3) is 0 Å². The van der Waals surface area contributed by atoms with Crippen LogP contribution < -0.4 is 15.4 Å². The van der Waals surface area contributed by atoms with E-state index in [1.165, 1.54) is 12.4 Å². The van der Waals surface area contributed by atoms with Gasteiger partial charge in [0, 0.05) is 18.1 Å². The predicted octanol–water partition coefficient (Wildman–Crippen LogP) is 5.00. The van der Waals surface area contributed by atoms with Crippen molar-refractivity contribution in [2.24, 2.45) is 0 Å².